The van der Waals surface area contributed by atoms with E-state index >= 15 is 0 Å². The Morgan fingerprint density at radius 1 is 0.867 bits per heavy atom. The van der Waals surface area contributed by atoms with Crippen molar-refractivity contribution in [3.63, 3.8) is 0 Å². The van der Waals surface area contributed by atoms with Crippen LogP contribution in [0.1, 0.15) is 66.2 Å². The summed E-state index contributed by atoms with van der Waals surface area (Å²) in [5.74, 6) is 1.73. The highest BCUT2D eigenvalue weighted by Gasteiger charge is 2.18. The molecule has 1 atom stereocenters. The van der Waals surface area contributed by atoms with E-state index in [0.717, 1.165) is 17.9 Å². The maximum atomic E-state index is 3.53. The smallest absolute Gasteiger partial charge is 0.00924 e. The first kappa shape index (κ1) is 15.0. The normalized spacial score (nSPS) is 13.8. The maximum absolute atomic E-state index is 3.53. The second kappa shape index (κ2) is 9.21. The summed E-state index contributed by atoms with van der Waals surface area (Å²) in [5, 5.41) is 3.53. The SMILES string of the molecule is CCCC(CCC)C(CCC(C)C)NC. The molecule has 0 heterocycles. The minimum atomic E-state index is 0.743. The summed E-state index contributed by atoms with van der Waals surface area (Å²) in [6.45, 7) is 9.25. The second-order valence-electron chi connectivity index (χ2n) is 5.20. The summed E-state index contributed by atoms with van der Waals surface area (Å²) in [4.78, 5) is 0. The van der Waals surface area contributed by atoms with Crippen molar-refractivity contribution in [1.82, 2.24) is 5.32 Å². The van der Waals surface area contributed by atoms with Gasteiger partial charge in [0.1, 0.15) is 0 Å². The Hall–Kier alpha value is -0.0400. The molecule has 0 aliphatic rings. The molecule has 0 rings (SSSR count). The van der Waals surface area contributed by atoms with Gasteiger partial charge in [-0.05, 0) is 44.6 Å². The molecule has 0 bridgehead atoms. The van der Waals surface area contributed by atoms with Crippen LogP contribution in [-0.4, -0.2) is 13.1 Å². The largest absolute Gasteiger partial charge is 0.317 e. The summed E-state index contributed by atoms with van der Waals surface area (Å²) >= 11 is 0. The Kier molecular flexibility index (Phi) is 9.18. The van der Waals surface area contributed by atoms with E-state index in [-0.39, 0.29) is 0 Å². The lowest BCUT2D eigenvalue weighted by Gasteiger charge is -2.27. The monoisotopic (exact) mass is 213 g/mol. The lowest BCUT2D eigenvalue weighted by molar-refractivity contribution is 0.295. The molecule has 0 aromatic carbocycles. The van der Waals surface area contributed by atoms with Crippen molar-refractivity contribution in [1.29, 1.82) is 0 Å². The minimum Gasteiger partial charge on any atom is -0.317 e. The van der Waals surface area contributed by atoms with E-state index in [1.807, 2.05) is 0 Å². The molecule has 0 saturated heterocycles. The molecule has 0 aromatic rings. The van der Waals surface area contributed by atoms with Crippen LogP contribution in [-0.2, 0) is 0 Å². The average molecular weight is 213 g/mol. The van der Waals surface area contributed by atoms with Crippen LogP contribution in [0.25, 0.3) is 0 Å². The molecule has 0 aromatic heterocycles. The van der Waals surface area contributed by atoms with Gasteiger partial charge < -0.3 is 5.32 Å². The molecular formula is C14H31N. The van der Waals surface area contributed by atoms with E-state index in [2.05, 4.69) is 40.1 Å². The van der Waals surface area contributed by atoms with Crippen LogP contribution < -0.4 is 5.32 Å². The van der Waals surface area contributed by atoms with E-state index < -0.39 is 0 Å². The Balaban J connectivity index is 4.05. The van der Waals surface area contributed by atoms with Crippen molar-refractivity contribution < 1.29 is 0 Å². The summed E-state index contributed by atoms with van der Waals surface area (Å²) < 4.78 is 0. The molecule has 0 fully saturated rings. The van der Waals surface area contributed by atoms with Gasteiger partial charge in [-0.3, -0.25) is 0 Å². The van der Waals surface area contributed by atoms with Crippen LogP contribution >= 0.6 is 0 Å². The molecule has 92 valence electrons. The molecule has 0 radical (unpaired) electrons. The van der Waals surface area contributed by atoms with Crippen LogP contribution in [0.5, 0.6) is 0 Å². The Labute approximate surface area is 97.0 Å². The first-order valence-corrected chi connectivity index (χ1v) is 6.82. The van der Waals surface area contributed by atoms with Gasteiger partial charge in [-0.1, -0.05) is 40.5 Å². The van der Waals surface area contributed by atoms with E-state index in [4.69, 9.17) is 0 Å². The predicted octanol–water partition coefficient (Wildman–Crippen LogP) is 4.23. The van der Waals surface area contributed by atoms with Crippen LogP contribution in [0.3, 0.4) is 0 Å². The number of rotatable bonds is 9. The Morgan fingerprint density at radius 2 is 1.40 bits per heavy atom. The van der Waals surface area contributed by atoms with Gasteiger partial charge in [-0.2, -0.15) is 0 Å². The summed E-state index contributed by atoms with van der Waals surface area (Å²) in [6.07, 6.45) is 8.12. The highest BCUT2D eigenvalue weighted by molar-refractivity contribution is 4.75. The second-order valence-corrected chi connectivity index (χ2v) is 5.20. The maximum Gasteiger partial charge on any atom is 0.00924 e. The molecular weight excluding hydrogens is 182 g/mol. The zero-order valence-corrected chi connectivity index (χ0v) is 11.5. The molecule has 15 heavy (non-hydrogen) atoms. The van der Waals surface area contributed by atoms with Gasteiger partial charge in [0.2, 0.25) is 0 Å². The fourth-order valence-corrected chi connectivity index (χ4v) is 2.42. The lowest BCUT2D eigenvalue weighted by Crippen LogP contribution is -2.33. The van der Waals surface area contributed by atoms with Crippen molar-refractivity contribution in [2.45, 2.75) is 72.3 Å². The van der Waals surface area contributed by atoms with Crippen LogP contribution in [0.15, 0.2) is 0 Å². The van der Waals surface area contributed by atoms with Crippen LogP contribution in [0.2, 0.25) is 0 Å². The highest BCUT2D eigenvalue weighted by Crippen LogP contribution is 2.22. The molecule has 0 spiro atoms. The lowest BCUT2D eigenvalue weighted by atomic mass is 9.86. The molecule has 0 aliphatic heterocycles. The molecule has 1 heteroatoms. The van der Waals surface area contributed by atoms with Gasteiger partial charge >= 0.3 is 0 Å². The van der Waals surface area contributed by atoms with Crippen LogP contribution in [0, 0.1) is 11.8 Å². The average Bonchev–Trinajstić information content (AvgIpc) is 2.19. The number of nitrogens with one attached hydrogen (secondary N) is 1. The topological polar surface area (TPSA) is 12.0 Å². The third-order valence-electron chi connectivity index (χ3n) is 3.31. The van der Waals surface area contributed by atoms with Crippen molar-refractivity contribution in [2.24, 2.45) is 11.8 Å². The van der Waals surface area contributed by atoms with E-state index in [1.165, 1.54) is 38.5 Å². The molecule has 1 unspecified atom stereocenters. The molecule has 0 saturated carbocycles. The van der Waals surface area contributed by atoms with Gasteiger partial charge in [0.25, 0.3) is 0 Å². The van der Waals surface area contributed by atoms with Crippen molar-refractivity contribution in [3.8, 4) is 0 Å². The third-order valence-corrected chi connectivity index (χ3v) is 3.31. The number of hydrogen-bond donors (Lipinski definition) is 1. The van der Waals surface area contributed by atoms with E-state index in [9.17, 15) is 0 Å². The predicted molar refractivity (Wildman–Crippen MR) is 70.2 cm³/mol. The van der Waals surface area contributed by atoms with Crippen LogP contribution in [0.4, 0.5) is 0 Å². The Morgan fingerprint density at radius 3 is 1.73 bits per heavy atom. The highest BCUT2D eigenvalue weighted by atomic mass is 14.9. The molecule has 1 N–H and O–H groups in total. The van der Waals surface area contributed by atoms with E-state index in [1.54, 1.807) is 0 Å². The summed E-state index contributed by atoms with van der Waals surface area (Å²) in [5.41, 5.74) is 0. The van der Waals surface area contributed by atoms with Gasteiger partial charge in [0.05, 0.1) is 0 Å². The zero-order valence-electron chi connectivity index (χ0n) is 11.5. The van der Waals surface area contributed by atoms with E-state index in [0.29, 0.717) is 0 Å². The fourth-order valence-electron chi connectivity index (χ4n) is 2.42. The van der Waals surface area contributed by atoms with Crippen molar-refractivity contribution >= 4 is 0 Å². The zero-order chi connectivity index (χ0) is 11.7. The minimum absolute atomic E-state index is 0.743. The third kappa shape index (κ3) is 6.94. The fraction of sp³-hybridized carbons (Fsp3) is 1.00. The number of hydrogen-bond acceptors (Lipinski definition) is 1. The Bertz CT molecular complexity index is 125. The molecule has 0 aliphatic carbocycles. The van der Waals surface area contributed by atoms with Gasteiger partial charge in [-0.25, -0.2) is 0 Å². The first-order valence-electron chi connectivity index (χ1n) is 6.82. The van der Waals surface area contributed by atoms with Crippen molar-refractivity contribution in [2.75, 3.05) is 7.05 Å². The van der Waals surface area contributed by atoms with Gasteiger partial charge in [0, 0.05) is 6.04 Å². The quantitative estimate of drug-likeness (QED) is 0.604. The standard InChI is InChI=1S/C14H31N/c1-6-8-13(9-7-2)14(15-5)11-10-12(3)4/h12-15H,6-11H2,1-5H3. The summed E-state index contributed by atoms with van der Waals surface area (Å²) in [6, 6.07) is 0.743. The van der Waals surface area contributed by atoms with Gasteiger partial charge in [0.15, 0.2) is 0 Å². The first-order chi connectivity index (χ1) is 7.15. The van der Waals surface area contributed by atoms with Crippen molar-refractivity contribution in [3.05, 3.63) is 0 Å². The van der Waals surface area contributed by atoms with Gasteiger partial charge in [-0.15, -0.1) is 0 Å². The molecule has 1 nitrogen and oxygen atoms in total. The summed E-state index contributed by atoms with van der Waals surface area (Å²) in [7, 11) is 2.13. The molecule has 0 amide bonds.